The molecule has 1 amide bonds. The molecule has 1 fully saturated rings. The van der Waals surface area contributed by atoms with Crippen LogP contribution < -0.4 is 5.32 Å². The zero-order chi connectivity index (χ0) is 20.4. The van der Waals surface area contributed by atoms with Gasteiger partial charge in [0.1, 0.15) is 18.3 Å². The van der Waals surface area contributed by atoms with Crippen LogP contribution in [0.1, 0.15) is 35.9 Å². The Labute approximate surface area is 159 Å². The van der Waals surface area contributed by atoms with Gasteiger partial charge in [-0.3, -0.25) is 14.4 Å². The number of carbonyl (C=O) groups excluding carboxylic acids is 3. The summed E-state index contributed by atoms with van der Waals surface area (Å²) in [6, 6.07) is 5.93. The van der Waals surface area contributed by atoms with Crippen LogP contribution in [0.3, 0.4) is 0 Å². The molecule has 148 valence electrons. The minimum atomic E-state index is -2.49. The maximum absolute atomic E-state index is 11.7. The van der Waals surface area contributed by atoms with Gasteiger partial charge in [-0.25, -0.2) is 0 Å². The lowest BCUT2D eigenvalue weighted by molar-refractivity contribution is -0.289. The first-order chi connectivity index (χ1) is 12.6. The Morgan fingerprint density at radius 1 is 1.30 bits per heavy atom. The zero-order valence-corrected chi connectivity index (χ0v) is 15.3. The Bertz CT molecular complexity index is 741. The first kappa shape index (κ1) is 21.3. The molecule has 4 N–H and O–H groups in total. The van der Waals surface area contributed by atoms with Crippen molar-refractivity contribution in [1.82, 2.24) is 5.32 Å². The van der Waals surface area contributed by atoms with Crippen molar-refractivity contribution in [3.8, 4) is 0 Å². The number of ether oxygens (including phenoxy) is 2. The van der Waals surface area contributed by atoms with E-state index in [1.165, 1.54) is 12.1 Å². The molecule has 2 rings (SSSR count). The molecule has 5 atom stereocenters. The quantitative estimate of drug-likeness (QED) is 0.297. The van der Waals surface area contributed by atoms with Crippen LogP contribution in [0.25, 0.3) is 0 Å². The van der Waals surface area contributed by atoms with Crippen LogP contribution in [0, 0.1) is 0 Å². The number of halogens is 1. The summed E-state index contributed by atoms with van der Waals surface area (Å²) in [5, 5.41) is 32.8. The van der Waals surface area contributed by atoms with Gasteiger partial charge in [-0.05, 0) is 23.2 Å². The summed E-state index contributed by atoms with van der Waals surface area (Å²) >= 11 is 5.57. The Balaban J connectivity index is 2.56. The molecule has 0 radical (unpaired) electrons. The van der Waals surface area contributed by atoms with Gasteiger partial charge in [-0.15, -0.1) is 0 Å². The van der Waals surface area contributed by atoms with Crippen molar-refractivity contribution in [3.05, 3.63) is 35.4 Å². The molecule has 10 heteroatoms. The predicted octanol–water partition coefficient (Wildman–Crippen LogP) is -0.385. The van der Waals surface area contributed by atoms with Crippen molar-refractivity contribution < 1.29 is 39.2 Å². The second-order valence-corrected chi connectivity index (χ2v) is 6.46. The van der Waals surface area contributed by atoms with E-state index in [4.69, 9.17) is 21.1 Å². The number of amides is 1. The minimum Gasteiger partial charge on any atom is -0.454 e. The molecule has 1 aromatic carbocycles. The topological polar surface area (TPSA) is 142 Å². The number of carbonyl (C=O) groups is 3. The molecule has 0 spiro atoms. The highest BCUT2D eigenvalue weighted by Crippen LogP contribution is 2.39. The van der Waals surface area contributed by atoms with Gasteiger partial charge in [0.2, 0.25) is 11.6 Å². The second kappa shape index (κ2) is 8.32. The molecule has 1 heterocycles. The number of benzene rings is 1. The molecule has 1 aliphatic rings. The third kappa shape index (κ3) is 4.28. The highest BCUT2D eigenvalue weighted by molar-refractivity contribution is 6.67. The molecule has 27 heavy (non-hydrogen) atoms. The van der Waals surface area contributed by atoms with E-state index in [9.17, 15) is 29.7 Å². The van der Waals surface area contributed by atoms with E-state index in [0.717, 1.165) is 13.8 Å². The third-order valence-electron chi connectivity index (χ3n) is 4.16. The van der Waals surface area contributed by atoms with Crippen molar-refractivity contribution in [2.45, 2.75) is 44.0 Å². The Kier molecular flexibility index (Phi) is 6.55. The highest BCUT2D eigenvalue weighted by atomic mass is 35.5. The van der Waals surface area contributed by atoms with Crippen LogP contribution in [-0.4, -0.2) is 63.1 Å². The van der Waals surface area contributed by atoms with Gasteiger partial charge in [0.15, 0.2) is 6.10 Å². The van der Waals surface area contributed by atoms with Crippen molar-refractivity contribution in [3.63, 3.8) is 0 Å². The van der Waals surface area contributed by atoms with Gasteiger partial charge >= 0.3 is 5.97 Å². The Hall–Kier alpha value is -2.04. The van der Waals surface area contributed by atoms with E-state index in [2.05, 4.69) is 5.32 Å². The number of rotatable bonds is 5. The molecule has 9 nitrogen and oxygen atoms in total. The van der Waals surface area contributed by atoms with E-state index < -0.39 is 53.9 Å². The normalized spacial score (nSPS) is 30.4. The number of aliphatic hydroxyl groups is 3. The highest BCUT2D eigenvalue weighted by Gasteiger charge is 2.58. The SMILES string of the molecule is CC(=O)N[C@]1(O)[C@H](OC(C)=O)[C@@H](CO)OC(c2ccccc2C(=O)Cl)[C@@H]1O. The fourth-order valence-electron chi connectivity index (χ4n) is 3.09. The lowest BCUT2D eigenvalue weighted by Gasteiger charge is -2.49. The van der Waals surface area contributed by atoms with E-state index in [-0.39, 0.29) is 11.1 Å². The van der Waals surface area contributed by atoms with Crippen molar-refractivity contribution in [2.24, 2.45) is 0 Å². The lowest BCUT2D eigenvalue weighted by atomic mass is 9.84. The van der Waals surface area contributed by atoms with E-state index in [0.29, 0.717) is 0 Å². The smallest absolute Gasteiger partial charge is 0.303 e. The molecular weight excluding hydrogens is 382 g/mol. The van der Waals surface area contributed by atoms with Crippen LogP contribution >= 0.6 is 11.6 Å². The first-order valence-electron chi connectivity index (χ1n) is 8.03. The fourth-order valence-corrected chi connectivity index (χ4v) is 3.27. The molecule has 1 unspecified atom stereocenters. The van der Waals surface area contributed by atoms with Gasteiger partial charge < -0.3 is 30.1 Å². The average molecular weight is 402 g/mol. The monoisotopic (exact) mass is 401 g/mol. The molecule has 0 aromatic heterocycles. The van der Waals surface area contributed by atoms with Gasteiger partial charge in [0, 0.05) is 19.4 Å². The van der Waals surface area contributed by atoms with E-state index >= 15 is 0 Å². The Morgan fingerprint density at radius 2 is 1.93 bits per heavy atom. The fraction of sp³-hybridized carbons (Fsp3) is 0.471. The zero-order valence-electron chi connectivity index (χ0n) is 14.6. The van der Waals surface area contributed by atoms with Crippen LogP contribution in [0.2, 0.25) is 0 Å². The number of aliphatic hydroxyl groups excluding tert-OH is 2. The standard InChI is InChI=1S/C17H20ClNO8/c1-8(21)19-17(25)14(23)13(10-5-3-4-6-11(10)16(18)24)27-12(7-20)15(17)26-9(2)22/h3-6,12-15,20,23,25H,7H2,1-2H3,(H,19,21)/t12-,13?,14+,15-,17-/m1/s1. The first-order valence-corrected chi connectivity index (χ1v) is 8.41. The maximum Gasteiger partial charge on any atom is 0.303 e. The summed E-state index contributed by atoms with van der Waals surface area (Å²) < 4.78 is 10.6. The van der Waals surface area contributed by atoms with Gasteiger partial charge in [0.05, 0.1) is 6.61 Å². The van der Waals surface area contributed by atoms with Crippen molar-refractivity contribution in [2.75, 3.05) is 6.61 Å². The molecule has 0 aliphatic carbocycles. The number of hydrogen-bond acceptors (Lipinski definition) is 8. The van der Waals surface area contributed by atoms with Gasteiger partial charge in [0.25, 0.3) is 5.24 Å². The molecule has 1 saturated heterocycles. The van der Waals surface area contributed by atoms with Crippen LogP contribution in [0.15, 0.2) is 24.3 Å². The summed E-state index contributed by atoms with van der Waals surface area (Å²) in [7, 11) is 0. The number of hydrogen-bond donors (Lipinski definition) is 4. The molecule has 1 aliphatic heterocycles. The summed E-state index contributed by atoms with van der Waals surface area (Å²) in [5.41, 5.74) is -2.35. The lowest BCUT2D eigenvalue weighted by Crippen LogP contribution is -2.72. The maximum atomic E-state index is 11.7. The Morgan fingerprint density at radius 3 is 2.44 bits per heavy atom. The average Bonchev–Trinajstić information content (AvgIpc) is 2.59. The minimum absolute atomic E-state index is 0.0102. The van der Waals surface area contributed by atoms with Crippen LogP contribution in [-0.2, 0) is 19.1 Å². The summed E-state index contributed by atoms with van der Waals surface area (Å²) in [4.78, 5) is 34.7. The van der Waals surface area contributed by atoms with E-state index in [1.54, 1.807) is 12.1 Å². The third-order valence-corrected chi connectivity index (χ3v) is 4.36. The van der Waals surface area contributed by atoms with Gasteiger partial charge in [-0.2, -0.15) is 0 Å². The summed E-state index contributed by atoms with van der Waals surface area (Å²) in [6.45, 7) is 1.44. The summed E-state index contributed by atoms with van der Waals surface area (Å²) in [5.74, 6) is -1.56. The van der Waals surface area contributed by atoms with Gasteiger partial charge in [-0.1, -0.05) is 18.2 Å². The van der Waals surface area contributed by atoms with Crippen LogP contribution in [0.4, 0.5) is 0 Å². The van der Waals surface area contributed by atoms with Crippen molar-refractivity contribution in [1.29, 1.82) is 0 Å². The second-order valence-electron chi connectivity index (χ2n) is 6.12. The summed E-state index contributed by atoms with van der Waals surface area (Å²) in [6.07, 6.45) is -6.12. The molecular formula is C17H20ClNO8. The predicted molar refractivity (Wildman–Crippen MR) is 91.7 cm³/mol. The molecule has 1 aromatic rings. The largest absolute Gasteiger partial charge is 0.454 e. The van der Waals surface area contributed by atoms with Crippen molar-refractivity contribution >= 4 is 28.7 Å². The number of nitrogens with one attached hydrogen (secondary N) is 1. The molecule has 0 bridgehead atoms. The van der Waals surface area contributed by atoms with Crippen LogP contribution in [0.5, 0.6) is 0 Å². The molecule has 0 saturated carbocycles. The van der Waals surface area contributed by atoms with E-state index in [1.807, 2.05) is 0 Å². The number of esters is 1.